The minimum Gasteiger partial charge on any atom is -0.323 e. The summed E-state index contributed by atoms with van der Waals surface area (Å²) in [6, 6.07) is 5.90. The van der Waals surface area contributed by atoms with Gasteiger partial charge in [-0.1, -0.05) is 19.4 Å². The van der Waals surface area contributed by atoms with Crippen molar-refractivity contribution in [2.45, 2.75) is 25.8 Å². The van der Waals surface area contributed by atoms with Gasteiger partial charge in [0.05, 0.1) is 5.69 Å². The van der Waals surface area contributed by atoms with Crippen molar-refractivity contribution in [1.29, 1.82) is 0 Å². The van der Waals surface area contributed by atoms with Gasteiger partial charge in [0.1, 0.15) is 4.60 Å². The van der Waals surface area contributed by atoms with Crippen LogP contribution in [0, 0.1) is 0 Å². The number of halogens is 2. The fourth-order valence-corrected chi connectivity index (χ4v) is 1.45. The Bertz CT molecular complexity index is 255. The van der Waals surface area contributed by atoms with Crippen molar-refractivity contribution in [3.05, 3.63) is 28.5 Å². The van der Waals surface area contributed by atoms with E-state index in [1.165, 1.54) is 0 Å². The van der Waals surface area contributed by atoms with Crippen LogP contribution in [0.15, 0.2) is 22.8 Å². The molecule has 0 radical (unpaired) electrons. The SMILES string of the molecule is CCC[C@H](N)c1cccc(Br)n1.Cl. The molecule has 1 aromatic heterocycles. The molecule has 0 amide bonds. The monoisotopic (exact) mass is 264 g/mol. The number of nitrogens with two attached hydrogens (primary N) is 1. The van der Waals surface area contributed by atoms with E-state index < -0.39 is 0 Å². The molecule has 1 rings (SSSR count). The summed E-state index contributed by atoms with van der Waals surface area (Å²) in [4.78, 5) is 4.28. The number of pyridine rings is 1. The maximum absolute atomic E-state index is 5.89. The Kier molecular flexibility index (Phi) is 6.29. The van der Waals surface area contributed by atoms with Gasteiger partial charge in [0.25, 0.3) is 0 Å². The Labute approximate surface area is 93.5 Å². The van der Waals surface area contributed by atoms with Crippen LogP contribution in [0.5, 0.6) is 0 Å². The number of hydrogen-bond donors (Lipinski definition) is 1. The maximum atomic E-state index is 5.89. The van der Waals surface area contributed by atoms with Crippen molar-refractivity contribution in [2.24, 2.45) is 5.73 Å². The average Bonchev–Trinajstić information content (AvgIpc) is 2.05. The first-order chi connectivity index (χ1) is 5.74. The summed E-state index contributed by atoms with van der Waals surface area (Å²) in [5.41, 5.74) is 6.86. The zero-order valence-corrected chi connectivity index (χ0v) is 9.94. The van der Waals surface area contributed by atoms with Gasteiger partial charge in [0.2, 0.25) is 0 Å². The van der Waals surface area contributed by atoms with E-state index in [1.807, 2.05) is 18.2 Å². The topological polar surface area (TPSA) is 38.9 Å². The molecule has 0 fully saturated rings. The van der Waals surface area contributed by atoms with E-state index >= 15 is 0 Å². The third kappa shape index (κ3) is 4.07. The zero-order chi connectivity index (χ0) is 8.97. The summed E-state index contributed by atoms with van der Waals surface area (Å²) in [7, 11) is 0. The number of rotatable bonds is 3. The van der Waals surface area contributed by atoms with Crippen LogP contribution in [0.25, 0.3) is 0 Å². The average molecular weight is 266 g/mol. The highest BCUT2D eigenvalue weighted by Crippen LogP contribution is 2.15. The van der Waals surface area contributed by atoms with Crippen LogP contribution in [0.1, 0.15) is 31.5 Å². The molecule has 0 saturated carbocycles. The second-order valence-corrected chi connectivity index (χ2v) is 3.59. The maximum Gasteiger partial charge on any atom is 0.106 e. The minimum atomic E-state index is 0. The molecule has 13 heavy (non-hydrogen) atoms. The first-order valence-electron chi connectivity index (χ1n) is 4.12. The predicted molar refractivity (Wildman–Crippen MR) is 61.0 cm³/mol. The smallest absolute Gasteiger partial charge is 0.106 e. The van der Waals surface area contributed by atoms with E-state index in [2.05, 4.69) is 27.8 Å². The lowest BCUT2D eigenvalue weighted by Crippen LogP contribution is -2.11. The van der Waals surface area contributed by atoms with Crippen LogP contribution < -0.4 is 5.73 Å². The summed E-state index contributed by atoms with van der Waals surface area (Å²) in [6.07, 6.45) is 2.08. The summed E-state index contributed by atoms with van der Waals surface area (Å²) in [5.74, 6) is 0. The van der Waals surface area contributed by atoms with E-state index in [4.69, 9.17) is 5.73 Å². The zero-order valence-electron chi connectivity index (χ0n) is 7.53. The largest absolute Gasteiger partial charge is 0.323 e. The van der Waals surface area contributed by atoms with Gasteiger partial charge in [-0.15, -0.1) is 12.4 Å². The summed E-state index contributed by atoms with van der Waals surface area (Å²) >= 11 is 3.31. The van der Waals surface area contributed by atoms with Crippen LogP contribution >= 0.6 is 28.3 Å². The fraction of sp³-hybridized carbons (Fsp3) is 0.444. The number of hydrogen-bond acceptors (Lipinski definition) is 2. The lowest BCUT2D eigenvalue weighted by molar-refractivity contribution is 0.620. The molecule has 0 unspecified atom stereocenters. The van der Waals surface area contributed by atoms with Crippen molar-refractivity contribution in [1.82, 2.24) is 4.98 Å². The quantitative estimate of drug-likeness (QED) is 0.853. The molecular formula is C9H14BrClN2. The van der Waals surface area contributed by atoms with Crippen molar-refractivity contribution in [3.63, 3.8) is 0 Å². The molecule has 0 aliphatic heterocycles. The lowest BCUT2D eigenvalue weighted by Gasteiger charge is -2.08. The van der Waals surface area contributed by atoms with E-state index in [-0.39, 0.29) is 18.4 Å². The summed E-state index contributed by atoms with van der Waals surface area (Å²) in [5, 5.41) is 0. The third-order valence-electron chi connectivity index (χ3n) is 1.72. The van der Waals surface area contributed by atoms with E-state index in [0.717, 1.165) is 23.1 Å². The number of aromatic nitrogens is 1. The molecule has 4 heteroatoms. The second-order valence-electron chi connectivity index (χ2n) is 2.78. The van der Waals surface area contributed by atoms with E-state index in [0.29, 0.717) is 0 Å². The lowest BCUT2D eigenvalue weighted by atomic mass is 10.1. The summed E-state index contributed by atoms with van der Waals surface area (Å²) in [6.45, 7) is 2.12. The van der Waals surface area contributed by atoms with Crippen LogP contribution in [0.2, 0.25) is 0 Å². The molecule has 1 heterocycles. The third-order valence-corrected chi connectivity index (χ3v) is 2.16. The first kappa shape index (κ1) is 12.9. The van der Waals surface area contributed by atoms with Crippen molar-refractivity contribution >= 4 is 28.3 Å². The molecule has 0 spiro atoms. The molecule has 74 valence electrons. The molecule has 0 saturated heterocycles. The van der Waals surface area contributed by atoms with Gasteiger partial charge in [-0.3, -0.25) is 0 Å². The normalized spacial score (nSPS) is 11.9. The van der Waals surface area contributed by atoms with Crippen molar-refractivity contribution in [3.8, 4) is 0 Å². The van der Waals surface area contributed by atoms with Gasteiger partial charge in [-0.25, -0.2) is 4.98 Å². The predicted octanol–water partition coefficient (Wildman–Crippen LogP) is 3.07. The van der Waals surface area contributed by atoms with Gasteiger partial charge < -0.3 is 5.73 Å². The van der Waals surface area contributed by atoms with Gasteiger partial charge in [-0.2, -0.15) is 0 Å². The molecule has 0 bridgehead atoms. The van der Waals surface area contributed by atoms with Gasteiger partial charge in [0, 0.05) is 6.04 Å². The molecule has 0 aliphatic rings. The molecular weight excluding hydrogens is 251 g/mol. The van der Waals surface area contributed by atoms with Gasteiger partial charge >= 0.3 is 0 Å². The van der Waals surface area contributed by atoms with Crippen LogP contribution in [0.3, 0.4) is 0 Å². The highest BCUT2D eigenvalue weighted by Gasteiger charge is 2.05. The highest BCUT2D eigenvalue weighted by molar-refractivity contribution is 9.10. The van der Waals surface area contributed by atoms with Crippen molar-refractivity contribution < 1.29 is 0 Å². The van der Waals surface area contributed by atoms with Gasteiger partial charge in [0.15, 0.2) is 0 Å². The molecule has 2 nitrogen and oxygen atoms in total. The fourth-order valence-electron chi connectivity index (χ4n) is 1.09. The Morgan fingerprint density at radius 3 is 2.77 bits per heavy atom. The highest BCUT2D eigenvalue weighted by atomic mass is 79.9. The van der Waals surface area contributed by atoms with Crippen LogP contribution in [-0.2, 0) is 0 Å². The Morgan fingerprint density at radius 2 is 2.23 bits per heavy atom. The second kappa shape index (κ2) is 6.35. The molecule has 0 aromatic carbocycles. The molecule has 0 aliphatic carbocycles. The Balaban J connectivity index is 0.00000144. The molecule has 1 atom stereocenters. The Hall–Kier alpha value is -0.120. The van der Waals surface area contributed by atoms with E-state index in [1.54, 1.807) is 0 Å². The van der Waals surface area contributed by atoms with E-state index in [9.17, 15) is 0 Å². The molecule has 2 N–H and O–H groups in total. The first-order valence-corrected chi connectivity index (χ1v) is 4.91. The Morgan fingerprint density at radius 1 is 1.54 bits per heavy atom. The van der Waals surface area contributed by atoms with Crippen LogP contribution in [0.4, 0.5) is 0 Å². The van der Waals surface area contributed by atoms with Crippen molar-refractivity contribution in [2.75, 3.05) is 0 Å². The standard InChI is InChI=1S/C9H13BrN2.ClH/c1-2-4-7(11)8-5-3-6-9(10)12-8;/h3,5-7H,2,4,11H2,1H3;1H/t7-;/m0./s1. The molecule has 1 aromatic rings. The minimum absolute atomic E-state index is 0. The van der Waals surface area contributed by atoms with Gasteiger partial charge in [-0.05, 0) is 34.5 Å². The number of nitrogens with zero attached hydrogens (tertiary/aromatic N) is 1. The van der Waals surface area contributed by atoms with Crippen LogP contribution in [-0.4, -0.2) is 4.98 Å². The summed E-state index contributed by atoms with van der Waals surface area (Å²) < 4.78 is 0.853.